The van der Waals surface area contributed by atoms with Crippen LogP contribution in [0.3, 0.4) is 0 Å². The number of benzene rings is 1. The summed E-state index contributed by atoms with van der Waals surface area (Å²) in [7, 11) is 6.12. The normalized spacial score (nSPS) is 10.8. The molecule has 0 aliphatic carbocycles. The van der Waals surface area contributed by atoms with E-state index in [1.165, 1.54) is 5.56 Å². The van der Waals surface area contributed by atoms with Crippen LogP contribution in [0.2, 0.25) is 0 Å². The van der Waals surface area contributed by atoms with Crippen LogP contribution in [0, 0.1) is 0 Å². The number of hydrogen-bond donors (Lipinski definition) is 1. The van der Waals surface area contributed by atoms with Crippen LogP contribution in [0.25, 0.3) is 0 Å². The van der Waals surface area contributed by atoms with Gasteiger partial charge in [0.15, 0.2) is 0 Å². The van der Waals surface area contributed by atoms with Gasteiger partial charge in [0.25, 0.3) is 0 Å². The second-order valence-electron chi connectivity index (χ2n) is 5.22. The molecule has 0 bridgehead atoms. The van der Waals surface area contributed by atoms with Gasteiger partial charge in [0, 0.05) is 44.3 Å². The molecule has 0 saturated heterocycles. The quantitative estimate of drug-likeness (QED) is 0.841. The minimum Gasteiger partial charge on any atom is -0.492 e. The van der Waals surface area contributed by atoms with Gasteiger partial charge in [-0.15, -0.1) is 0 Å². The average Bonchev–Trinajstić information content (AvgIpc) is 2.82. The molecular formula is C16H23N3O. The van der Waals surface area contributed by atoms with Crippen molar-refractivity contribution < 1.29 is 4.74 Å². The Labute approximate surface area is 121 Å². The van der Waals surface area contributed by atoms with Crippen molar-refractivity contribution in [2.24, 2.45) is 7.05 Å². The monoisotopic (exact) mass is 273 g/mol. The summed E-state index contributed by atoms with van der Waals surface area (Å²) >= 11 is 0. The van der Waals surface area contributed by atoms with Gasteiger partial charge in [-0.2, -0.15) is 0 Å². The van der Waals surface area contributed by atoms with Crippen molar-refractivity contribution in [3.8, 4) is 5.75 Å². The number of ether oxygens (including phenoxy) is 1. The summed E-state index contributed by atoms with van der Waals surface area (Å²) in [6.07, 6.45) is 4.17. The third-order valence-electron chi connectivity index (χ3n) is 3.03. The van der Waals surface area contributed by atoms with Crippen LogP contribution in [0.1, 0.15) is 5.56 Å². The van der Waals surface area contributed by atoms with Gasteiger partial charge in [0.2, 0.25) is 0 Å². The van der Waals surface area contributed by atoms with Gasteiger partial charge < -0.3 is 19.5 Å². The first-order valence-electron chi connectivity index (χ1n) is 6.86. The van der Waals surface area contributed by atoms with Crippen LogP contribution < -0.4 is 10.1 Å². The Morgan fingerprint density at radius 1 is 1.25 bits per heavy atom. The molecular weight excluding hydrogens is 250 g/mol. The molecule has 2 aromatic rings. The number of nitrogens with one attached hydrogen (secondary N) is 1. The first-order valence-corrected chi connectivity index (χ1v) is 6.86. The van der Waals surface area contributed by atoms with Gasteiger partial charge in [-0.25, -0.2) is 0 Å². The minimum absolute atomic E-state index is 0.704. The molecule has 20 heavy (non-hydrogen) atoms. The molecule has 1 aromatic carbocycles. The second-order valence-corrected chi connectivity index (χ2v) is 5.22. The standard InChI is InChI=1S/C16H23N3O/c1-18(2)9-10-20-16-6-4-5-15(11-16)17-12-14-7-8-19(3)13-14/h4-8,11,13,17H,9-10,12H2,1-3H3. The molecule has 0 amide bonds. The van der Waals surface area contributed by atoms with Gasteiger partial charge in [-0.1, -0.05) is 6.07 Å². The highest BCUT2D eigenvalue weighted by atomic mass is 16.5. The molecule has 0 aliphatic heterocycles. The Balaban J connectivity index is 1.85. The number of likely N-dealkylation sites (N-methyl/N-ethyl adjacent to an activating group) is 1. The number of hydrogen-bond acceptors (Lipinski definition) is 3. The van der Waals surface area contributed by atoms with E-state index in [-0.39, 0.29) is 0 Å². The topological polar surface area (TPSA) is 29.4 Å². The first kappa shape index (κ1) is 14.5. The third kappa shape index (κ3) is 4.63. The molecule has 108 valence electrons. The molecule has 0 unspecified atom stereocenters. The zero-order valence-corrected chi connectivity index (χ0v) is 12.5. The predicted molar refractivity (Wildman–Crippen MR) is 83.2 cm³/mol. The summed E-state index contributed by atoms with van der Waals surface area (Å²) < 4.78 is 7.78. The van der Waals surface area contributed by atoms with Gasteiger partial charge in [-0.05, 0) is 37.9 Å². The van der Waals surface area contributed by atoms with Crippen LogP contribution in [-0.4, -0.2) is 36.7 Å². The summed E-state index contributed by atoms with van der Waals surface area (Å²) in [5.74, 6) is 0.907. The molecule has 0 atom stereocenters. The number of aryl methyl sites for hydroxylation is 1. The fraction of sp³-hybridized carbons (Fsp3) is 0.375. The lowest BCUT2D eigenvalue weighted by molar-refractivity contribution is 0.261. The summed E-state index contributed by atoms with van der Waals surface area (Å²) in [6, 6.07) is 10.2. The lowest BCUT2D eigenvalue weighted by Crippen LogP contribution is -2.19. The van der Waals surface area contributed by atoms with E-state index in [2.05, 4.69) is 39.3 Å². The molecule has 0 radical (unpaired) electrons. The number of rotatable bonds is 7. The second kappa shape index (κ2) is 7.01. The largest absolute Gasteiger partial charge is 0.492 e. The van der Waals surface area contributed by atoms with E-state index in [0.717, 1.165) is 24.5 Å². The van der Waals surface area contributed by atoms with Crippen LogP contribution in [0.5, 0.6) is 5.75 Å². The van der Waals surface area contributed by atoms with Crippen molar-refractivity contribution in [1.82, 2.24) is 9.47 Å². The number of nitrogens with zero attached hydrogens (tertiary/aromatic N) is 2. The lowest BCUT2D eigenvalue weighted by Gasteiger charge is -2.12. The molecule has 2 rings (SSSR count). The van der Waals surface area contributed by atoms with Gasteiger partial charge in [0.1, 0.15) is 12.4 Å². The Hall–Kier alpha value is -1.94. The van der Waals surface area contributed by atoms with E-state index in [1.807, 2.05) is 39.3 Å². The smallest absolute Gasteiger partial charge is 0.121 e. The van der Waals surface area contributed by atoms with E-state index in [4.69, 9.17) is 4.74 Å². The van der Waals surface area contributed by atoms with Crippen LogP contribution in [0.15, 0.2) is 42.7 Å². The molecule has 1 heterocycles. The van der Waals surface area contributed by atoms with Gasteiger partial charge in [0.05, 0.1) is 0 Å². The average molecular weight is 273 g/mol. The van der Waals surface area contributed by atoms with E-state index < -0.39 is 0 Å². The maximum absolute atomic E-state index is 5.73. The van der Waals surface area contributed by atoms with Gasteiger partial charge in [-0.3, -0.25) is 0 Å². The number of aromatic nitrogens is 1. The van der Waals surface area contributed by atoms with Crippen LogP contribution in [0.4, 0.5) is 5.69 Å². The Morgan fingerprint density at radius 3 is 2.80 bits per heavy atom. The molecule has 0 spiro atoms. The van der Waals surface area contributed by atoms with E-state index >= 15 is 0 Å². The molecule has 0 fully saturated rings. The van der Waals surface area contributed by atoms with Crippen LogP contribution in [-0.2, 0) is 13.6 Å². The van der Waals surface area contributed by atoms with Crippen molar-refractivity contribution in [2.75, 3.05) is 32.6 Å². The molecule has 0 aliphatic rings. The summed E-state index contributed by atoms with van der Waals surface area (Å²) in [6.45, 7) is 2.44. The molecule has 4 nitrogen and oxygen atoms in total. The van der Waals surface area contributed by atoms with Crippen LogP contribution >= 0.6 is 0 Å². The summed E-state index contributed by atoms with van der Waals surface area (Å²) in [4.78, 5) is 2.11. The zero-order chi connectivity index (χ0) is 14.4. The zero-order valence-electron chi connectivity index (χ0n) is 12.5. The molecule has 4 heteroatoms. The maximum Gasteiger partial charge on any atom is 0.121 e. The molecule has 0 saturated carbocycles. The lowest BCUT2D eigenvalue weighted by atomic mass is 10.2. The minimum atomic E-state index is 0.704. The fourth-order valence-corrected chi connectivity index (χ4v) is 1.91. The Bertz CT molecular complexity index is 534. The fourth-order valence-electron chi connectivity index (χ4n) is 1.91. The predicted octanol–water partition coefficient (Wildman–Crippen LogP) is 2.58. The molecule has 1 aromatic heterocycles. The van der Waals surface area contributed by atoms with Crippen molar-refractivity contribution in [2.45, 2.75) is 6.54 Å². The Morgan fingerprint density at radius 2 is 2.10 bits per heavy atom. The Kier molecular flexibility index (Phi) is 5.07. The van der Waals surface area contributed by atoms with E-state index in [9.17, 15) is 0 Å². The van der Waals surface area contributed by atoms with Crippen molar-refractivity contribution >= 4 is 5.69 Å². The summed E-state index contributed by atoms with van der Waals surface area (Å²) in [5, 5.41) is 3.41. The number of anilines is 1. The van der Waals surface area contributed by atoms with Gasteiger partial charge >= 0.3 is 0 Å². The van der Waals surface area contributed by atoms with Crippen molar-refractivity contribution in [1.29, 1.82) is 0 Å². The van der Waals surface area contributed by atoms with Crippen molar-refractivity contribution in [3.05, 3.63) is 48.3 Å². The maximum atomic E-state index is 5.73. The highest BCUT2D eigenvalue weighted by Crippen LogP contribution is 2.18. The third-order valence-corrected chi connectivity index (χ3v) is 3.03. The molecule has 1 N–H and O–H groups in total. The van der Waals surface area contributed by atoms with Crippen molar-refractivity contribution in [3.63, 3.8) is 0 Å². The highest BCUT2D eigenvalue weighted by molar-refractivity contribution is 5.48. The van der Waals surface area contributed by atoms with E-state index in [1.54, 1.807) is 0 Å². The first-order chi connectivity index (χ1) is 9.63. The summed E-state index contributed by atoms with van der Waals surface area (Å²) in [5.41, 5.74) is 2.35. The van der Waals surface area contributed by atoms with E-state index in [0.29, 0.717) is 6.61 Å². The SMILES string of the molecule is CN(C)CCOc1cccc(NCc2ccn(C)c2)c1. The highest BCUT2D eigenvalue weighted by Gasteiger charge is 1.99.